The first kappa shape index (κ1) is 23.3. The minimum Gasteiger partial charge on any atom is -0.490 e. The summed E-state index contributed by atoms with van der Waals surface area (Å²) in [4.78, 5) is 24.9. The Hall–Kier alpha value is -3.88. The second-order valence-electron chi connectivity index (χ2n) is 7.88. The summed E-state index contributed by atoms with van der Waals surface area (Å²) in [5, 5.41) is 14.1. The third kappa shape index (κ3) is 5.36. The third-order valence-electron chi connectivity index (χ3n) is 5.50. The molecule has 0 atom stereocenters. The summed E-state index contributed by atoms with van der Waals surface area (Å²) in [7, 11) is 0. The third-order valence-corrected chi connectivity index (χ3v) is 5.50. The molecule has 0 aliphatic carbocycles. The maximum Gasteiger partial charge on any atom is 0.251 e. The summed E-state index contributed by atoms with van der Waals surface area (Å²) < 4.78 is 13.2. The summed E-state index contributed by atoms with van der Waals surface area (Å²) in [6.45, 7) is 5.45. The van der Waals surface area contributed by atoms with Crippen molar-refractivity contribution >= 4 is 17.5 Å². The molecule has 1 aromatic heterocycles. The zero-order valence-corrected chi connectivity index (χ0v) is 19.5. The number of rotatable bonds is 9. The molecule has 9 nitrogen and oxygen atoms in total. The number of ether oxygens (including phenoxy) is 2. The maximum atomic E-state index is 12.5. The molecule has 0 saturated carbocycles. The summed E-state index contributed by atoms with van der Waals surface area (Å²) in [5.74, 6) is 2.25. The van der Waals surface area contributed by atoms with E-state index in [-0.39, 0.29) is 18.4 Å². The van der Waals surface area contributed by atoms with Gasteiger partial charge in [0.25, 0.3) is 5.91 Å². The topological polar surface area (TPSA) is 107 Å². The van der Waals surface area contributed by atoms with Gasteiger partial charge in [0.1, 0.15) is 5.82 Å². The lowest BCUT2D eigenvalue weighted by atomic mass is 10.1. The van der Waals surface area contributed by atoms with Gasteiger partial charge in [-0.2, -0.15) is 0 Å². The Bertz CT molecular complexity index is 1160. The highest BCUT2D eigenvalue weighted by molar-refractivity contribution is 5.99. The highest BCUT2D eigenvalue weighted by Crippen LogP contribution is 2.28. The van der Waals surface area contributed by atoms with Gasteiger partial charge >= 0.3 is 0 Å². The van der Waals surface area contributed by atoms with E-state index in [1.807, 2.05) is 38.1 Å². The second-order valence-corrected chi connectivity index (χ2v) is 7.88. The molecule has 4 rings (SSSR count). The van der Waals surface area contributed by atoms with Crippen LogP contribution >= 0.6 is 0 Å². The molecule has 34 heavy (non-hydrogen) atoms. The molecule has 0 bridgehead atoms. The number of benzene rings is 2. The van der Waals surface area contributed by atoms with Crippen molar-refractivity contribution in [2.24, 2.45) is 0 Å². The monoisotopic (exact) mass is 463 g/mol. The van der Waals surface area contributed by atoms with E-state index < -0.39 is 0 Å². The fourth-order valence-corrected chi connectivity index (χ4v) is 3.88. The highest BCUT2D eigenvalue weighted by Gasteiger charge is 2.17. The van der Waals surface area contributed by atoms with Gasteiger partial charge in [-0.1, -0.05) is 0 Å². The van der Waals surface area contributed by atoms with Gasteiger partial charge in [0, 0.05) is 29.8 Å². The number of nitrogens with zero attached hydrogens (tertiary/aromatic N) is 3. The summed E-state index contributed by atoms with van der Waals surface area (Å²) in [6.07, 6.45) is 3.23. The fraction of sp³-hybridized carbons (Fsp3) is 0.360. The van der Waals surface area contributed by atoms with E-state index in [0.29, 0.717) is 36.0 Å². The van der Waals surface area contributed by atoms with Gasteiger partial charge in [0.2, 0.25) is 5.91 Å². The zero-order valence-electron chi connectivity index (χ0n) is 19.5. The first-order chi connectivity index (χ1) is 16.6. The zero-order chi connectivity index (χ0) is 23.9. The molecule has 9 heteroatoms. The van der Waals surface area contributed by atoms with Crippen molar-refractivity contribution in [3.63, 3.8) is 0 Å². The molecule has 2 N–H and O–H groups in total. The van der Waals surface area contributed by atoms with Crippen LogP contribution in [0.3, 0.4) is 0 Å². The minimum absolute atomic E-state index is 0.157. The van der Waals surface area contributed by atoms with Crippen LogP contribution in [0.4, 0.5) is 5.69 Å². The lowest BCUT2D eigenvalue weighted by molar-refractivity contribution is -0.115. The molecule has 2 heterocycles. The van der Waals surface area contributed by atoms with Gasteiger partial charge in [-0.15, -0.1) is 10.2 Å². The molecule has 0 saturated heterocycles. The average Bonchev–Trinajstić information content (AvgIpc) is 3.29. The SMILES string of the molecule is CCOc1ccc(C(=O)NCC(=O)Nc2ccc(-c3nnc4n3CCCC4)cc2)cc1OCC. The standard InChI is InChI=1S/C25H29N5O4/c1-3-33-20-13-10-18(15-21(20)34-4-2)25(32)26-16-23(31)27-19-11-8-17(9-12-19)24-29-28-22-7-5-6-14-30(22)24/h8-13,15H,3-7,14,16H2,1-2H3,(H,26,32)(H,27,31). The van der Waals surface area contributed by atoms with E-state index in [1.165, 1.54) is 0 Å². The maximum absolute atomic E-state index is 12.5. The van der Waals surface area contributed by atoms with Crippen LogP contribution in [0.2, 0.25) is 0 Å². The van der Waals surface area contributed by atoms with Crippen molar-refractivity contribution in [2.45, 2.75) is 39.7 Å². The number of hydrogen-bond donors (Lipinski definition) is 2. The van der Waals surface area contributed by atoms with Crippen LogP contribution in [0.25, 0.3) is 11.4 Å². The van der Waals surface area contributed by atoms with Gasteiger partial charge in [0.05, 0.1) is 19.8 Å². The Morgan fingerprint density at radius 3 is 2.50 bits per heavy atom. The Morgan fingerprint density at radius 2 is 1.74 bits per heavy atom. The van der Waals surface area contributed by atoms with Crippen LogP contribution in [0, 0.1) is 0 Å². The lowest BCUT2D eigenvalue weighted by Gasteiger charge is -2.15. The van der Waals surface area contributed by atoms with Crippen LogP contribution in [0.15, 0.2) is 42.5 Å². The molecule has 2 amide bonds. The lowest BCUT2D eigenvalue weighted by Crippen LogP contribution is -2.32. The van der Waals surface area contributed by atoms with E-state index >= 15 is 0 Å². The van der Waals surface area contributed by atoms with Gasteiger partial charge in [-0.3, -0.25) is 9.59 Å². The molecule has 0 spiro atoms. The average molecular weight is 464 g/mol. The van der Waals surface area contributed by atoms with Crippen LogP contribution in [-0.2, 0) is 17.8 Å². The van der Waals surface area contributed by atoms with E-state index in [9.17, 15) is 9.59 Å². The van der Waals surface area contributed by atoms with E-state index in [2.05, 4.69) is 25.4 Å². The second kappa shape index (κ2) is 10.8. The van der Waals surface area contributed by atoms with E-state index in [0.717, 1.165) is 43.0 Å². The number of aryl methyl sites for hydroxylation is 1. The van der Waals surface area contributed by atoms with Gasteiger partial charge in [-0.25, -0.2) is 0 Å². The van der Waals surface area contributed by atoms with Gasteiger partial charge in [-0.05, 0) is 69.2 Å². The largest absolute Gasteiger partial charge is 0.490 e. The fourth-order valence-electron chi connectivity index (χ4n) is 3.88. The smallest absolute Gasteiger partial charge is 0.251 e. The van der Waals surface area contributed by atoms with Crippen molar-refractivity contribution in [2.75, 3.05) is 25.1 Å². The summed E-state index contributed by atoms with van der Waals surface area (Å²) in [5.41, 5.74) is 1.98. The highest BCUT2D eigenvalue weighted by atomic mass is 16.5. The molecule has 178 valence electrons. The predicted molar refractivity (Wildman–Crippen MR) is 128 cm³/mol. The Kier molecular flexibility index (Phi) is 7.41. The number of aromatic nitrogens is 3. The van der Waals surface area contributed by atoms with Crippen molar-refractivity contribution in [1.29, 1.82) is 0 Å². The van der Waals surface area contributed by atoms with Crippen LogP contribution in [0.1, 0.15) is 42.9 Å². The Balaban J connectivity index is 1.33. The van der Waals surface area contributed by atoms with Gasteiger partial charge in [0.15, 0.2) is 17.3 Å². The Labute approximate surface area is 198 Å². The number of anilines is 1. The molecule has 1 aliphatic heterocycles. The van der Waals surface area contributed by atoms with Crippen molar-refractivity contribution in [3.05, 3.63) is 53.9 Å². The molecule has 1 aliphatic rings. The molecular formula is C25H29N5O4. The predicted octanol–water partition coefficient (Wildman–Crippen LogP) is 3.45. The van der Waals surface area contributed by atoms with Crippen LogP contribution in [-0.4, -0.2) is 46.3 Å². The van der Waals surface area contributed by atoms with E-state index in [1.54, 1.807) is 18.2 Å². The number of fused-ring (bicyclic) bond motifs is 1. The van der Waals surface area contributed by atoms with Crippen molar-refractivity contribution < 1.29 is 19.1 Å². The van der Waals surface area contributed by atoms with Gasteiger partial charge < -0.3 is 24.7 Å². The number of carbonyl (C=O) groups is 2. The summed E-state index contributed by atoms with van der Waals surface area (Å²) >= 11 is 0. The minimum atomic E-state index is -0.369. The molecule has 0 fully saturated rings. The Morgan fingerprint density at radius 1 is 0.971 bits per heavy atom. The van der Waals surface area contributed by atoms with Crippen LogP contribution in [0.5, 0.6) is 11.5 Å². The molecular weight excluding hydrogens is 434 g/mol. The first-order valence-electron chi connectivity index (χ1n) is 11.6. The quantitative estimate of drug-likeness (QED) is 0.503. The molecule has 0 unspecified atom stereocenters. The summed E-state index contributed by atoms with van der Waals surface area (Å²) in [6, 6.07) is 12.4. The van der Waals surface area contributed by atoms with Crippen LogP contribution < -0.4 is 20.1 Å². The number of amides is 2. The number of carbonyl (C=O) groups excluding carboxylic acids is 2. The van der Waals surface area contributed by atoms with E-state index in [4.69, 9.17) is 9.47 Å². The molecule has 0 radical (unpaired) electrons. The molecule has 3 aromatic rings. The van der Waals surface area contributed by atoms with Crippen molar-refractivity contribution in [1.82, 2.24) is 20.1 Å². The van der Waals surface area contributed by atoms with Crippen molar-refractivity contribution in [3.8, 4) is 22.9 Å². The first-order valence-corrected chi connectivity index (χ1v) is 11.6. The normalized spacial score (nSPS) is 12.5. The molecule has 2 aromatic carbocycles. The number of hydrogen-bond acceptors (Lipinski definition) is 6. The number of nitrogens with one attached hydrogen (secondary N) is 2.